The first kappa shape index (κ1) is 17.4. The topological polar surface area (TPSA) is 72.5 Å². The number of nitrogens with one attached hydrogen (secondary N) is 1. The van der Waals surface area contributed by atoms with Crippen LogP contribution in [0.15, 0.2) is 12.1 Å². The fourth-order valence-corrected chi connectivity index (χ4v) is 5.03. The summed E-state index contributed by atoms with van der Waals surface area (Å²) in [5.41, 5.74) is 0. The lowest BCUT2D eigenvalue weighted by Crippen LogP contribution is -2.36. The van der Waals surface area contributed by atoms with Crippen LogP contribution in [0.4, 0.5) is 0 Å². The van der Waals surface area contributed by atoms with E-state index < -0.39 is 15.9 Å². The molecule has 0 aliphatic carbocycles. The molecule has 1 aromatic heterocycles. The molecule has 124 valence electrons. The van der Waals surface area contributed by atoms with E-state index in [1.54, 1.807) is 6.07 Å². The molecule has 1 unspecified atom stereocenters. The Bertz CT molecular complexity index is 601. The van der Waals surface area contributed by atoms with E-state index in [1.807, 2.05) is 6.07 Å². The van der Waals surface area contributed by atoms with Gasteiger partial charge in [-0.1, -0.05) is 13.8 Å². The van der Waals surface area contributed by atoms with Crippen LogP contribution in [0.5, 0.6) is 0 Å². The van der Waals surface area contributed by atoms with Crippen molar-refractivity contribution in [1.82, 2.24) is 4.72 Å². The molecular formula is C15H23NO4S2. The van der Waals surface area contributed by atoms with Crippen LogP contribution < -0.4 is 4.72 Å². The van der Waals surface area contributed by atoms with E-state index in [9.17, 15) is 13.2 Å². The van der Waals surface area contributed by atoms with Crippen LogP contribution in [-0.2, 0) is 21.2 Å². The first-order valence-corrected chi connectivity index (χ1v) is 10.0. The van der Waals surface area contributed by atoms with Crippen molar-refractivity contribution in [3.05, 3.63) is 21.9 Å². The average Bonchev–Trinajstić information content (AvgIpc) is 2.86. The van der Waals surface area contributed by atoms with Gasteiger partial charge < -0.3 is 4.74 Å². The minimum atomic E-state index is -3.62. The molecule has 0 radical (unpaired) electrons. The summed E-state index contributed by atoms with van der Waals surface area (Å²) in [6.45, 7) is 5.36. The maximum atomic E-state index is 12.1. The third-order valence-corrected chi connectivity index (χ3v) is 5.97. The van der Waals surface area contributed by atoms with Gasteiger partial charge in [0.05, 0.1) is 17.2 Å². The van der Waals surface area contributed by atoms with E-state index in [2.05, 4.69) is 18.6 Å². The van der Waals surface area contributed by atoms with E-state index in [1.165, 1.54) is 11.3 Å². The van der Waals surface area contributed by atoms with Crippen molar-refractivity contribution in [3.8, 4) is 0 Å². The lowest BCUT2D eigenvalue weighted by atomic mass is 10.1. The fourth-order valence-electron chi connectivity index (χ4n) is 2.49. The highest BCUT2D eigenvalue weighted by molar-refractivity contribution is 7.90. The van der Waals surface area contributed by atoms with Gasteiger partial charge >= 0.3 is 0 Å². The Hall–Kier alpha value is -0.920. The van der Waals surface area contributed by atoms with E-state index >= 15 is 0 Å². The third-order valence-electron chi connectivity index (χ3n) is 3.45. The van der Waals surface area contributed by atoms with Crippen molar-refractivity contribution >= 4 is 27.3 Å². The summed E-state index contributed by atoms with van der Waals surface area (Å²) in [6.07, 6.45) is 2.59. The van der Waals surface area contributed by atoms with Crippen molar-refractivity contribution < 1.29 is 17.9 Å². The van der Waals surface area contributed by atoms with Crippen molar-refractivity contribution in [3.63, 3.8) is 0 Å². The number of rotatable bonds is 6. The molecular weight excluding hydrogens is 322 g/mol. The molecule has 2 heterocycles. The molecule has 2 rings (SSSR count). The zero-order valence-corrected chi connectivity index (χ0v) is 14.6. The molecule has 1 fully saturated rings. The number of carbonyl (C=O) groups is 1. The molecule has 0 bridgehead atoms. The Labute approximate surface area is 136 Å². The molecule has 5 nitrogen and oxygen atoms in total. The van der Waals surface area contributed by atoms with Gasteiger partial charge in [-0.15, -0.1) is 11.3 Å². The van der Waals surface area contributed by atoms with Crippen LogP contribution in [0.25, 0.3) is 0 Å². The van der Waals surface area contributed by atoms with Crippen molar-refractivity contribution in [2.24, 2.45) is 11.8 Å². The minimum Gasteiger partial charge on any atom is -0.381 e. The molecule has 1 aliphatic heterocycles. The molecule has 1 saturated heterocycles. The molecule has 1 atom stereocenters. The van der Waals surface area contributed by atoms with Crippen molar-refractivity contribution in [2.75, 3.05) is 19.0 Å². The van der Waals surface area contributed by atoms with E-state index in [-0.39, 0.29) is 11.7 Å². The van der Waals surface area contributed by atoms with Crippen LogP contribution in [-0.4, -0.2) is 33.3 Å². The van der Waals surface area contributed by atoms with Crippen molar-refractivity contribution in [2.45, 2.75) is 33.1 Å². The predicted octanol–water partition coefficient (Wildman–Crippen LogP) is 2.43. The average molecular weight is 345 g/mol. The summed E-state index contributed by atoms with van der Waals surface area (Å²) in [5.74, 6) is -0.108. The fraction of sp³-hybridized carbons (Fsp3) is 0.667. The summed E-state index contributed by atoms with van der Waals surface area (Å²) in [6, 6.07) is 3.58. The third kappa shape index (κ3) is 5.37. The quantitative estimate of drug-likeness (QED) is 0.859. The highest BCUT2D eigenvalue weighted by atomic mass is 32.2. The Morgan fingerprint density at radius 1 is 1.45 bits per heavy atom. The van der Waals surface area contributed by atoms with Gasteiger partial charge in [-0.2, -0.15) is 0 Å². The Balaban J connectivity index is 1.93. The van der Waals surface area contributed by atoms with Gasteiger partial charge in [0.2, 0.25) is 10.0 Å². The standard InChI is InChI=1S/C15H23NO4S2/c1-11(2)8-13-5-6-14(21-13)15(17)16-22(18,19)10-12-4-3-7-20-9-12/h5-6,11-12H,3-4,7-10H2,1-2H3,(H,16,17). The number of amides is 1. The summed E-state index contributed by atoms with van der Waals surface area (Å²) in [7, 11) is -3.62. The van der Waals surface area contributed by atoms with Crippen molar-refractivity contribution in [1.29, 1.82) is 0 Å². The van der Waals surface area contributed by atoms with Gasteiger partial charge in [0, 0.05) is 11.5 Å². The molecule has 1 amide bonds. The van der Waals surface area contributed by atoms with Crippen LogP contribution in [0.2, 0.25) is 0 Å². The van der Waals surface area contributed by atoms with Crippen LogP contribution in [0, 0.1) is 11.8 Å². The summed E-state index contributed by atoms with van der Waals surface area (Å²) in [4.78, 5) is 13.6. The number of ether oxygens (including phenoxy) is 1. The van der Waals surface area contributed by atoms with Crippen LogP contribution >= 0.6 is 11.3 Å². The molecule has 22 heavy (non-hydrogen) atoms. The monoisotopic (exact) mass is 345 g/mol. The molecule has 1 N–H and O–H groups in total. The van der Waals surface area contributed by atoms with Gasteiger partial charge in [0.15, 0.2) is 0 Å². The summed E-state index contributed by atoms with van der Waals surface area (Å²) in [5, 5.41) is 0. The van der Waals surface area contributed by atoms with Gasteiger partial charge in [0.1, 0.15) is 0 Å². The lowest BCUT2D eigenvalue weighted by molar-refractivity contribution is 0.0624. The number of thiophene rings is 1. The largest absolute Gasteiger partial charge is 0.381 e. The van der Waals surface area contributed by atoms with Gasteiger partial charge in [0.25, 0.3) is 5.91 Å². The van der Waals surface area contributed by atoms with Gasteiger partial charge in [-0.05, 0) is 43.2 Å². The van der Waals surface area contributed by atoms with Crippen LogP contribution in [0.1, 0.15) is 41.2 Å². The van der Waals surface area contributed by atoms with E-state index in [4.69, 9.17) is 4.74 Å². The van der Waals surface area contributed by atoms with Crippen LogP contribution in [0.3, 0.4) is 0 Å². The second-order valence-electron chi connectivity index (χ2n) is 6.16. The molecule has 0 spiro atoms. The Morgan fingerprint density at radius 2 is 2.23 bits per heavy atom. The zero-order valence-electron chi connectivity index (χ0n) is 13.0. The Morgan fingerprint density at radius 3 is 2.86 bits per heavy atom. The minimum absolute atomic E-state index is 0.0288. The smallest absolute Gasteiger partial charge is 0.274 e. The molecule has 1 aromatic rings. The number of sulfonamides is 1. The molecule has 0 aromatic carbocycles. The molecule has 1 aliphatic rings. The van der Waals surface area contributed by atoms with E-state index in [0.29, 0.717) is 24.0 Å². The zero-order chi connectivity index (χ0) is 16.2. The Kier molecular flexibility index (Phi) is 6.00. The second-order valence-corrected chi connectivity index (χ2v) is 9.09. The second kappa shape index (κ2) is 7.57. The number of carbonyl (C=O) groups excluding carboxylic acids is 1. The highest BCUT2D eigenvalue weighted by Crippen LogP contribution is 2.20. The normalized spacial score (nSPS) is 19.3. The predicted molar refractivity (Wildman–Crippen MR) is 87.7 cm³/mol. The highest BCUT2D eigenvalue weighted by Gasteiger charge is 2.24. The maximum absolute atomic E-state index is 12.1. The van der Waals surface area contributed by atoms with Gasteiger partial charge in [-0.25, -0.2) is 13.1 Å². The van der Waals surface area contributed by atoms with Gasteiger partial charge in [-0.3, -0.25) is 4.79 Å². The first-order valence-electron chi connectivity index (χ1n) is 7.57. The SMILES string of the molecule is CC(C)Cc1ccc(C(=O)NS(=O)(=O)CC2CCCOC2)s1. The summed E-state index contributed by atoms with van der Waals surface area (Å²) >= 11 is 1.35. The number of hydrogen-bond acceptors (Lipinski definition) is 5. The summed E-state index contributed by atoms with van der Waals surface area (Å²) < 4.78 is 31.6. The van der Waals surface area contributed by atoms with E-state index in [0.717, 1.165) is 24.1 Å². The number of hydrogen-bond donors (Lipinski definition) is 1. The lowest BCUT2D eigenvalue weighted by Gasteiger charge is -2.21. The first-order chi connectivity index (χ1) is 10.4. The maximum Gasteiger partial charge on any atom is 0.274 e. The molecule has 7 heteroatoms. The molecule has 0 saturated carbocycles.